The fourth-order valence-corrected chi connectivity index (χ4v) is 4.20. The number of aryl methyl sites for hydroxylation is 1. The van der Waals surface area contributed by atoms with Gasteiger partial charge in [-0.3, -0.25) is 0 Å². The minimum absolute atomic E-state index is 0.0516. The summed E-state index contributed by atoms with van der Waals surface area (Å²) in [6.07, 6.45) is 0.206. The number of halogens is 3. The standard InChI is InChI=1S/C22H23F3N6/c1-30-10-3-4-15(30)7-9-27-18-6-5-14(12-17(18)22(23,24)25)20-16-8-11-31(2)21(16)29-19(13-26)28-20/h5-6,8,11-12,15,27H,3-4,7,9-10H2,1-2H3. The number of nitrogens with one attached hydrogen (secondary N) is 1. The average molecular weight is 428 g/mol. The van der Waals surface area contributed by atoms with E-state index in [0.717, 1.165) is 31.9 Å². The van der Waals surface area contributed by atoms with Crippen molar-refractivity contribution in [1.82, 2.24) is 19.4 Å². The molecule has 1 unspecified atom stereocenters. The van der Waals surface area contributed by atoms with E-state index in [1.165, 1.54) is 6.07 Å². The van der Waals surface area contributed by atoms with Gasteiger partial charge in [0.25, 0.3) is 0 Å². The van der Waals surface area contributed by atoms with Gasteiger partial charge in [0.05, 0.1) is 11.3 Å². The summed E-state index contributed by atoms with van der Waals surface area (Å²) in [5.41, 5.74) is 0.412. The summed E-state index contributed by atoms with van der Waals surface area (Å²) >= 11 is 0. The van der Waals surface area contributed by atoms with Crippen LogP contribution in [-0.2, 0) is 13.2 Å². The summed E-state index contributed by atoms with van der Waals surface area (Å²) in [6, 6.07) is 8.17. The van der Waals surface area contributed by atoms with Crippen molar-refractivity contribution in [2.75, 3.05) is 25.5 Å². The second kappa shape index (κ2) is 8.19. The van der Waals surface area contributed by atoms with E-state index >= 15 is 0 Å². The Bertz CT molecular complexity index is 1140. The van der Waals surface area contributed by atoms with Crippen LogP contribution >= 0.6 is 0 Å². The van der Waals surface area contributed by atoms with Crippen LogP contribution in [-0.4, -0.2) is 45.6 Å². The molecule has 0 amide bonds. The molecule has 162 valence electrons. The Balaban J connectivity index is 1.68. The molecular formula is C22H23F3N6. The maximum atomic E-state index is 13.9. The summed E-state index contributed by atoms with van der Waals surface area (Å²) in [5, 5.41) is 12.8. The molecule has 0 radical (unpaired) electrons. The quantitative estimate of drug-likeness (QED) is 0.651. The molecule has 9 heteroatoms. The Morgan fingerprint density at radius 3 is 2.71 bits per heavy atom. The third-order valence-corrected chi connectivity index (χ3v) is 5.89. The molecule has 0 aliphatic carbocycles. The second-order valence-corrected chi connectivity index (χ2v) is 7.92. The SMILES string of the molecule is CN1CCCC1CCNc1ccc(-c2nc(C#N)nc3c2ccn3C)cc1C(F)(F)F. The van der Waals surface area contributed by atoms with Crippen molar-refractivity contribution in [1.29, 1.82) is 5.26 Å². The topological polar surface area (TPSA) is 69.8 Å². The van der Waals surface area contributed by atoms with Gasteiger partial charge in [-0.15, -0.1) is 0 Å². The number of aromatic nitrogens is 3. The van der Waals surface area contributed by atoms with Gasteiger partial charge in [-0.05, 0) is 51.1 Å². The Hall–Kier alpha value is -3.12. The summed E-state index contributed by atoms with van der Waals surface area (Å²) in [4.78, 5) is 10.6. The number of benzene rings is 1. The Kier molecular flexibility index (Phi) is 5.58. The fraction of sp³-hybridized carbons (Fsp3) is 0.409. The molecule has 0 saturated carbocycles. The van der Waals surface area contributed by atoms with Gasteiger partial charge in [-0.25, -0.2) is 9.97 Å². The molecule has 1 aliphatic heterocycles. The number of hydrogen-bond acceptors (Lipinski definition) is 5. The van der Waals surface area contributed by atoms with Crippen LogP contribution in [0.25, 0.3) is 22.3 Å². The highest BCUT2D eigenvalue weighted by atomic mass is 19.4. The van der Waals surface area contributed by atoms with Gasteiger partial charge in [-0.1, -0.05) is 6.07 Å². The van der Waals surface area contributed by atoms with Crippen molar-refractivity contribution in [3.63, 3.8) is 0 Å². The molecule has 1 aromatic carbocycles. The van der Waals surface area contributed by atoms with Crippen molar-refractivity contribution in [2.24, 2.45) is 7.05 Å². The van der Waals surface area contributed by atoms with Gasteiger partial charge >= 0.3 is 6.18 Å². The van der Waals surface area contributed by atoms with Gasteiger partial charge in [-0.2, -0.15) is 18.4 Å². The fourth-order valence-electron chi connectivity index (χ4n) is 4.20. The molecule has 6 nitrogen and oxygen atoms in total. The third kappa shape index (κ3) is 4.21. The van der Waals surface area contributed by atoms with E-state index in [1.807, 2.05) is 6.07 Å². The normalized spacial score (nSPS) is 17.2. The molecule has 0 spiro atoms. The van der Waals surface area contributed by atoms with E-state index < -0.39 is 11.7 Å². The van der Waals surface area contributed by atoms with Gasteiger partial charge < -0.3 is 14.8 Å². The molecule has 4 rings (SSSR count). The average Bonchev–Trinajstić information content (AvgIpc) is 3.32. The van der Waals surface area contributed by atoms with E-state index in [2.05, 4.69) is 27.2 Å². The van der Waals surface area contributed by atoms with Gasteiger partial charge in [0.1, 0.15) is 11.7 Å². The molecule has 1 aliphatic rings. The summed E-state index contributed by atoms with van der Waals surface area (Å²) in [5.74, 6) is -0.0826. The minimum Gasteiger partial charge on any atom is -0.384 e. The van der Waals surface area contributed by atoms with E-state index in [9.17, 15) is 18.4 Å². The van der Waals surface area contributed by atoms with Crippen LogP contribution in [0.5, 0.6) is 0 Å². The molecule has 1 saturated heterocycles. The van der Waals surface area contributed by atoms with Crippen molar-refractivity contribution in [2.45, 2.75) is 31.5 Å². The van der Waals surface area contributed by atoms with Crippen molar-refractivity contribution < 1.29 is 13.2 Å². The molecular weight excluding hydrogens is 405 g/mol. The van der Waals surface area contributed by atoms with Crippen molar-refractivity contribution >= 4 is 16.7 Å². The van der Waals surface area contributed by atoms with Crippen molar-refractivity contribution in [3.8, 4) is 17.3 Å². The lowest BCUT2D eigenvalue weighted by Gasteiger charge is -2.21. The summed E-state index contributed by atoms with van der Waals surface area (Å²) in [6.45, 7) is 1.50. The van der Waals surface area contributed by atoms with Crippen LogP contribution in [0.2, 0.25) is 0 Å². The van der Waals surface area contributed by atoms with Crippen LogP contribution < -0.4 is 5.32 Å². The first-order valence-electron chi connectivity index (χ1n) is 10.2. The zero-order valence-electron chi connectivity index (χ0n) is 17.4. The van der Waals surface area contributed by atoms with E-state index in [4.69, 9.17) is 0 Å². The first-order valence-corrected chi connectivity index (χ1v) is 10.2. The van der Waals surface area contributed by atoms with Crippen LogP contribution in [0, 0.1) is 11.3 Å². The van der Waals surface area contributed by atoms with E-state index in [-0.39, 0.29) is 11.5 Å². The highest BCUT2D eigenvalue weighted by molar-refractivity contribution is 5.91. The Labute approximate surface area is 178 Å². The number of nitrogens with zero attached hydrogens (tertiary/aromatic N) is 5. The minimum atomic E-state index is -4.52. The first kappa shape index (κ1) is 21.1. The smallest absolute Gasteiger partial charge is 0.384 e. The molecule has 1 N–H and O–H groups in total. The number of anilines is 1. The molecule has 2 aromatic heterocycles. The molecule has 3 aromatic rings. The monoisotopic (exact) mass is 428 g/mol. The van der Waals surface area contributed by atoms with Crippen LogP contribution in [0.4, 0.5) is 18.9 Å². The number of hydrogen-bond donors (Lipinski definition) is 1. The number of rotatable bonds is 5. The van der Waals surface area contributed by atoms with Crippen LogP contribution in [0.3, 0.4) is 0 Å². The summed E-state index contributed by atoms with van der Waals surface area (Å²) < 4.78 is 43.3. The zero-order valence-corrected chi connectivity index (χ0v) is 17.4. The molecule has 3 heterocycles. The lowest BCUT2D eigenvalue weighted by Crippen LogP contribution is -2.27. The van der Waals surface area contributed by atoms with E-state index in [0.29, 0.717) is 34.9 Å². The third-order valence-electron chi connectivity index (χ3n) is 5.89. The highest BCUT2D eigenvalue weighted by Crippen LogP contribution is 2.38. The zero-order chi connectivity index (χ0) is 22.2. The largest absolute Gasteiger partial charge is 0.418 e. The molecule has 0 bridgehead atoms. The maximum Gasteiger partial charge on any atom is 0.418 e. The molecule has 1 fully saturated rings. The second-order valence-electron chi connectivity index (χ2n) is 7.92. The molecule has 31 heavy (non-hydrogen) atoms. The predicted molar refractivity (Wildman–Crippen MR) is 112 cm³/mol. The molecule has 1 atom stereocenters. The number of likely N-dealkylation sites (tertiary alicyclic amines) is 1. The van der Waals surface area contributed by atoms with Crippen LogP contribution in [0.15, 0.2) is 30.5 Å². The predicted octanol–water partition coefficient (Wildman–Crippen LogP) is 4.42. The van der Waals surface area contributed by atoms with Gasteiger partial charge in [0, 0.05) is 42.5 Å². The van der Waals surface area contributed by atoms with E-state index in [1.54, 1.807) is 29.9 Å². The number of alkyl halides is 3. The van der Waals surface area contributed by atoms with Gasteiger partial charge in [0.15, 0.2) is 0 Å². The Morgan fingerprint density at radius 1 is 1.23 bits per heavy atom. The highest BCUT2D eigenvalue weighted by Gasteiger charge is 2.34. The number of fused-ring (bicyclic) bond motifs is 1. The van der Waals surface area contributed by atoms with Crippen molar-refractivity contribution in [3.05, 3.63) is 41.9 Å². The Morgan fingerprint density at radius 2 is 2.03 bits per heavy atom. The lowest BCUT2D eigenvalue weighted by molar-refractivity contribution is -0.136. The first-order chi connectivity index (χ1) is 14.8. The summed E-state index contributed by atoms with van der Waals surface area (Å²) in [7, 11) is 3.81. The maximum absolute atomic E-state index is 13.9. The lowest BCUT2D eigenvalue weighted by atomic mass is 10.0. The van der Waals surface area contributed by atoms with Crippen LogP contribution in [0.1, 0.15) is 30.7 Å². The number of nitriles is 1. The van der Waals surface area contributed by atoms with Gasteiger partial charge in [0.2, 0.25) is 5.82 Å².